The third-order valence-electron chi connectivity index (χ3n) is 3.91. The maximum absolute atomic E-state index is 12.4. The molecule has 2 saturated heterocycles. The molecule has 2 aliphatic heterocycles. The van der Waals surface area contributed by atoms with Gasteiger partial charge in [0.25, 0.3) is 0 Å². The molecule has 0 saturated carbocycles. The average molecular weight is 406 g/mol. The number of nitrogens with zero attached hydrogens (tertiary/aromatic N) is 4. The van der Waals surface area contributed by atoms with Crippen molar-refractivity contribution in [2.24, 2.45) is 5.11 Å². The van der Waals surface area contributed by atoms with Crippen LogP contribution < -0.4 is 5.32 Å². The number of hydrogen-bond donors (Lipinski definition) is 2. The van der Waals surface area contributed by atoms with Crippen LogP contribution >= 0.6 is 15.9 Å². The largest absolute Gasteiger partial charge is 0.394 e. The highest BCUT2D eigenvalue weighted by Gasteiger charge is 2.54. The number of aliphatic hydroxyl groups is 1. The van der Waals surface area contributed by atoms with Crippen LogP contribution in [0.1, 0.15) is 27.2 Å². The number of alkyl halides is 1. The number of amides is 3. The van der Waals surface area contributed by atoms with Crippen molar-refractivity contribution in [1.29, 1.82) is 0 Å². The van der Waals surface area contributed by atoms with E-state index in [0.29, 0.717) is 0 Å². The van der Waals surface area contributed by atoms with Gasteiger partial charge in [-0.2, -0.15) is 0 Å². The van der Waals surface area contributed by atoms with E-state index < -0.39 is 40.9 Å². The third kappa shape index (κ3) is 3.50. The number of ether oxygens (including phenoxy) is 2. The van der Waals surface area contributed by atoms with Gasteiger partial charge in [-0.25, -0.2) is 4.79 Å². The zero-order chi connectivity index (χ0) is 18.1. The summed E-state index contributed by atoms with van der Waals surface area (Å²) in [6, 6.07) is -1.28. The van der Waals surface area contributed by atoms with Gasteiger partial charge in [0.1, 0.15) is 10.6 Å². The van der Waals surface area contributed by atoms with Gasteiger partial charge in [-0.15, -0.1) is 0 Å². The topological polar surface area (TPSA) is 137 Å². The van der Waals surface area contributed by atoms with E-state index in [-0.39, 0.29) is 19.1 Å². The molecule has 24 heavy (non-hydrogen) atoms. The van der Waals surface area contributed by atoms with Crippen LogP contribution in [0, 0.1) is 0 Å². The van der Waals surface area contributed by atoms with Gasteiger partial charge in [-0.05, 0) is 26.3 Å². The highest BCUT2D eigenvalue weighted by molar-refractivity contribution is 9.10. The molecule has 0 aromatic heterocycles. The van der Waals surface area contributed by atoms with Crippen LogP contribution in [0.3, 0.4) is 0 Å². The van der Waals surface area contributed by atoms with E-state index in [1.54, 1.807) is 20.8 Å². The van der Waals surface area contributed by atoms with Crippen LogP contribution in [0.2, 0.25) is 0 Å². The first-order chi connectivity index (χ1) is 11.2. The summed E-state index contributed by atoms with van der Waals surface area (Å²) < 4.78 is 10.3. The minimum absolute atomic E-state index is 0.192. The first-order valence-electron chi connectivity index (χ1n) is 7.51. The number of imide groups is 1. The van der Waals surface area contributed by atoms with Crippen molar-refractivity contribution in [3.8, 4) is 0 Å². The molecule has 2 aliphatic rings. The van der Waals surface area contributed by atoms with Crippen molar-refractivity contribution in [2.75, 3.05) is 6.61 Å². The normalized spacial score (nSPS) is 36.7. The number of hydrogen-bond acceptors (Lipinski definition) is 6. The molecule has 2 fully saturated rings. The lowest BCUT2D eigenvalue weighted by Crippen LogP contribution is -2.69. The predicted octanol–water partition coefficient (Wildman–Crippen LogP) is 1.23. The van der Waals surface area contributed by atoms with Crippen LogP contribution in [0.4, 0.5) is 4.79 Å². The van der Waals surface area contributed by atoms with E-state index in [4.69, 9.17) is 15.0 Å². The molecule has 10 nitrogen and oxygen atoms in total. The molecule has 0 spiro atoms. The second-order valence-corrected chi connectivity index (χ2v) is 7.75. The maximum atomic E-state index is 12.4. The number of aliphatic hydroxyl groups excluding tert-OH is 1. The number of rotatable bonds is 5. The molecule has 0 aromatic rings. The number of carbonyl (C=O) groups is 2. The van der Waals surface area contributed by atoms with Gasteiger partial charge in [-0.3, -0.25) is 15.0 Å². The van der Waals surface area contributed by atoms with Crippen molar-refractivity contribution in [3.05, 3.63) is 10.4 Å². The van der Waals surface area contributed by atoms with Crippen LogP contribution in [-0.2, 0) is 14.3 Å². The number of azide groups is 1. The Morgan fingerprint density at radius 3 is 2.83 bits per heavy atom. The SMILES string of the molecule is CC(C)OC1N([C@H]2C[C@H](N=[N+]=[N-])[C@@H](CO)O2)C(=O)NC(=O)C1(C)Br. The lowest BCUT2D eigenvalue weighted by Gasteiger charge is -2.45. The predicted molar refractivity (Wildman–Crippen MR) is 86.0 cm³/mol. The molecule has 0 bridgehead atoms. The van der Waals surface area contributed by atoms with Gasteiger partial charge in [0.05, 0.1) is 24.9 Å². The minimum Gasteiger partial charge on any atom is -0.394 e. The Hall–Kier alpha value is -1.39. The summed E-state index contributed by atoms with van der Waals surface area (Å²) in [7, 11) is 0. The second-order valence-electron chi connectivity index (χ2n) is 6.10. The molecule has 2 N–H and O–H groups in total. The number of urea groups is 1. The lowest BCUT2D eigenvalue weighted by molar-refractivity contribution is -0.168. The van der Waals surface area contributed by atoms with E-state index in [1.165, 1.54) is 4.90 Å². The summed E-state index contributed by atoms with van der Waals surface area (Å²) in [5.41, 5.74) is 8.63. The Labute approximate surface area is 147 Å². The second kappa shape index (κ2) is 7.24. The number of carbonyl (C=O) groups excluding carboxylic acids is 2. The first-order valence-corrected chi connectivity index (χ1v) is 8.30. The number of nitrogens with one attached hydrogen (secondary N) is 1. The third-order valence-corrected chi connectivity index (χ3v) is 4.66. The summed E-state index contributed by atoms with van der Waals surface area (Å²) in [5.74, 6) is -0.516. The molecular weight excluding hydrogens is 386 g/mol. The van der Waals surface area contributed by atoms with Crippen molar-refractivity contribution in [1.82, 2.24) is 10.2 Å². The van der Waals surface area contributed by atoms with E-state index in [0.717, 1.165) is 0 Å². The highest BCUT2D eigenvalue weighted by atomic mass is 79.9. The van der Waals surface area contributed by atoms with Gasteiger partial charge < -0.3 is 14.6 Å². The molecule has 2 heterocycles. The van der Waals surface area contributed by atoms with E-state index in [9.17, 15) is 14.7 Å². The fraction of sp³-hybridized carbons (Fsp3) is 0.846. The fourth-order valence-corrected chi connectivity index (χ4v) is 3.16. The summed E-state index contributed by atoms with van der Waals surface area (Å²) in [5, 5.41) is 15.2. The van der Waals surface area contributed by atoms with Gasteiger partial charge in [0, 0.05) is 11.3 Å². The fourth-order valence-electron chi connectivity index (χ4n) is 2.73. The molecule has 0 aromatic carbocycles. The Balaban J connectivity index is 2.32. The average Bonchev–Trinajstić information content (AvgIpc) is 2.88. The molecule has 0 radical (unpaired) electrons. The number of halogens is 1. The summed E-state index contributed by atoms with van der Waals surface area (Å²) in [6.07, 6.45) is -2.51. The molecule has 134 valence electrons. The zero-order valence-electron chi connectivity index (χ0n) is 13.5. The molecule has 3 amide bonds. The van der Waals surface area contributed by atoms with Crippen molar-refractivity contribution < 1.29 is 24.2 Å². The van der Waals surface area contributed by atoms with Crippen LogP contribution in [0.25, 0.3) is 10.4 Å². The van der Waals surface area contributed by atoms with E-state index >= 15 is 0 Å². The summed E-state index contributed by atoms with van der Waals surface area (Å²) in [6.45, 7) is 4.81. The minimum atomic E-state index is -1.18. The van der Waals surface area contributed by atoms with Gasteiger partial charge in [0.15, 0.2) is 6.23 Å². The van der Waals surface area contributed by atoms with E-state index in [2.05, 4.69) is 31.3 Å². The van der Waals surface area contributed by atoms with Crippen molar-refractivity contribution in [2.45, 2.75) is 62.2 Å². The standard InChI is InChI=1S/C13H20BrN5O5/c1-6(2)23-11-13(3,14)10(21)16-12(22)19(11)9-4-7(17-18-15)8(5-20)24-9/h6-9,11,20H,4-5H2,1-3H3,(H,16,21,22)/t7-,8+,9+,11?,13?/m0/s1. The Morgan fingerprint density at radius 1 is 1.62 bits per heavy atom. The Bertz CT molecular complexity index is 565. The van der Waals surface area contributed by atoms with Crippen molar-refractivity contribution >= 4 is 27.9 Å². The molecule has 5 atom stereocenters. The van der Waals surface area contributed by atoms with E-state index in [1.807, 2.05) is 0 Å². The van der Waals surface area contributed by atoms with Crippen molar-refractivity contribution in [3.63, 3.8) is 0 Å². The quantitative estimate of drug-likeness (QED) is 0.306. The smallest absolute Gasteiger partial charge is 0.328 e. The molecule has 2 rings (SSSR count). The van der Waals surface area contributed by atoms with Crippen LogP contribution in [0.15, 0.2) is 5.11 Å². The summed E-state index contributed by atoms with van der Waals surface area (Å²) >= 11 is 3.33. The molecule has 11 heteroatoms. The molecular formula is C13H20BrN5O5. The maximum Gasteiger partial charge on any atom is 0.328 e. The zero-order valence-corrected chi connectivity index (χ0v) is 15.1. The lowest BCUT2D eigenvalue weighted by atomic mass is 10.0. The molecule has 0 aliphatic carbocycles. The monoisotopic (exact) mass is 405 g/mol. The van der Waals surface area contributed by atoms with Crippen LogP contribution in [-0.4, -0.2) is 63.6 Å². The molecule has 2 unspecified atom stereocenters. The summed E-state index contributed by atoms with van der Waals surface area (Å²) in [4.78, 5) is 28.5. The van der Waals surface area contributed by atoms with Gasteiger partial charge in [0.2, 0.25) is 5.91 Å². The Morgan fingerprint density at radius 2 is 2.29 bits per heavy atom. The van der Waals surface area contributed by atoms with Gasteiger partial charge in [-0.1, -0.05) is 21.0 Å². The first kappa shape index (κ1) is 18.9. The van der Waals surface area contributed by atoms with Crippen LogP contribution in [0.5, 0.6) is 0 Å². The van der Waals surface area contributed by atoms with Gasteiger partial charge >= 0.3 is 6.03 Å². The highest BCUT2D eigenvalue weighted by Crippen LogP contribution is 2.36. The Kier molecular flexibility index (Phi) is 5.71.